The molecular weight excluding hydrogens is 298 g/mol. The molecule has 0 heterocycles. The number of rotatable bonds is 3. The van der Waals surface area contributed by atoms with Crippen molar-refractivity contribution < 1.29 is 0 Å². The molecule has 0 saturated heterocycles. The van der Waals surface area contributed by atoms with Crippen molar-refractivity contribution in [3.8, 4) is 0 Å². The molecule has 2 unspecified atom stereocenters. The smallest absolute Gasteiger partial charge is 0.0353 e. The molecular formula is C17H26BrN. The first-order valence-corrected chi connectivity index (χ1v) is 8.38. The first-order chi connectivity index (χ1) is 9.06. The number of hydrogen-bond donors (Lipinski definition) is 1. The summed E-state index contributed by atoms with van der Waals surface area (Å²) in [4.78, 5) is 0. The third kappa shape index (κ3) is 4.24. The van der Waals surface area contributed by atoms with Gasteiger partial charge in [0.2, 0.25) is 0 Å². The van der Waals surface area contributed by atoms with Crippen molar-refractivity contribution in [2.24, 2.45) is 11.8 Å². The Morgan fingerprint density at radius 2 is 1.95 bits per heavy atom. The van der Waals surface area contributed by atoms with Crippen molar-refractivity contribution in [1.82, 2.24) is 0 Å². The van der Waals surface area contributed by atoms with Crippen molar-refractivity contribution in [3.63, 3.8) is 0 Å². The van der Waals surface area contributed by atoms with Crippen LogP contribution in [-0.2, 0) is 0 Å². The van der Waals surface area contributed by atoms with Crippen LogP contribution in [-0.4, -0.2) is 6.04 Å². The van der Waals surface area contributed by atoms with Crippen LogP contribution in [0.1, 0.15) is 51.5 Å². The topological polar surface area (TPSA) is 12.0 Å². The van der Waals surface area contributed by atoms with Crippen LogP contribution in [0.4, 0.5) is 5.69 Å². The van der Waals surface area contributed by atoms with Gasteiger partial charge < -0.3 is 5.32 Å². The molecule has 0 bridgehead atoms. The molecule has 0 amide bonds. The van der Waals surface area contributed by atoms with Gasteiger partial charge in [-0.15, -0.1) is 0 Å². The Morgan fingerprint density at radius 3 is 2.63 bits per heavy atom. The van der Waals surface area contributed by atoms with Crippen molar-refractivity contribution >= 4 is 21.6 Å². The van der Waals surface area contributed by atoms with E-state index in [1.54, 1.807) is 0 Å². The highest BCUT2D eigenvalue weighted by molar-refractivity contribution is 9.10. The lowest BCUT2D eigenvalue weighted by atomic mass is 9.89. The fraction of sp³-hybridized carbons (Fsp3) is 0.647. The largest absolute Gasteiger partial charge is 0.382 e. The average molecular weight is 324 g/mol. The molecule has 1 aliphatic carbocycles. The Labute approximate surface area is 126 Å². The molecule has 1 N–H and O–H groups in total. The Bertz CT molecular complexity index is 414. The molecule has 1 nitrogen and oxygen atoms in total. The highest BCUT2D eigenvalue weighted by atomic mass is 79.9. The predicted molar refractivity (Wildman–Crippen MR) is 87.7 cm³/mol. The molecule has 0 aliphatic heterocycles. The van der Waals surface area contributed by atoms with Crippen molar-refractivity contribution in [1.29, 1.82) is 0 Å². The zero-order valence-electron chi connectivity index (χ0n) is 12.4. The third-order valence-corrected chi connectivity index (χ3v) is 5.35. The van der Waals surface area contributed by atoms with Gasteiger partial charge in [-0.05, 0) is 55.7 Å². The molecule has 2 atom stereocenters. The number of hydrogen-bond acceptors (Lipinski definition) is 1. The molecule has 0 radical (unpaired) electrons. The van der Waals surface area contributed by atoms with E-state index in [0.29, 0.717) is 6.04 Å². The average Bonchev–Trinajstić information content (AvgIpc) is 2.59. The molecule has 1 saturated carbocycles. The van der Waals surface area contributed by atoms with Crippen molar-refractivity contribution in [2.75, 3.05) is 5.32 Å². The lowest BCUT2D eigenvalue weighted by Crippen LogP contribution is -2.18. The third-order valence-electron chi connectivity index (χ3n) is 4.50. The Hall–Kier alpha value is -0.500. The summed E-state index contributed by atoms with van der Waals surface area (Å²) in [6.45, 7) is 6.87. The minimum Gasteiger partial charge on any atom is -0.382 e. The molecule has 1 aliphatic rings. The van der Waals surface area contributed by atoms with Crippen molar-refractivity contribution in [3.05, 3.63) is 28.2 Å². The maximum atomic E-state index is 3.72. The van der Waals surface area contributed by atoms with Crippen LogP contribution in [0.25, 0.3) is 0 Å². The molecule has 106 valence electrons. The van der Waals surface area contributed by atoms with Crippen LogP contribution in [0.15, 0.2) is 22.7 Å². The second kappa shape index (κ2) is 6.78. The van der Waals surface area contributed by atoms with E-state index in [1.807, 2.05) is 0 Å². The van der Waals surface area contributed by atoms with Crippen LogP contribution in [0.2, 0.25) is 0 Å². The highest BCUT2D eigenvalue weighted by Gasteiger charge is 2.20. The first kappa shape index (κ1) is 14.9. The molecule has 1 aromatic carbocycles. The van der Waals surface area contributed by atoms with Gasteiger partial charge in [0.05, 0.1) is 0 Å². The van der Waals surface area contributed by atoms with E-state index in [0.717, 1.165) is 11.8 Å². The van der Waals surface area contributed by atoms with E-state index >= 15 is 0 Å². The molecule has 1 fully saturated rings. The minimum atomic E-state index is 0.651. The van der Waals surface area contributed by atoms with Gasteiger partial charge in [-0.3, -0.25) is 0 Å². The van der Waals surface area contributed by atoms with E-state index < -0.39 is 0 Å². The first-order valence-electron chi connectivity index (χ1n) is 7.59. The van der Waals surface area contributed by atoms with Gasteiger partial charge >= 0.3 is 0 Å². The van der Waals surface area contributed by atoms with E-state index in [1.165, 1.54) is 47.8 Å². The zero-order valence-corrected chi connectivity index (χ0v) is 14.0. The lowest BCUT2D eigenvalue weighted by molar-refractivity contribution is 0.341. The molecule has 19 heavy (non-hydrogen) atoms. The van der Waals surface area contributed by atoms with E-state index in [2.05, 4.69) is 60.2 Å². The van der Waals surface area contributed by atoms with Gasteiger partial charge in [0, 0.05) is 16.2 Å². The molecule has 2 heteroatoms. The van der Waals surface area contributed by atoms with Crippen LogP contribution < -0.4 is 5.32 Å². The van der Waals surface area contributed by atoms with E-state index in [-0.39, 0.29) is 0 Å². The normalized spacial score (nSPS) is 24.3. The predicted octanol–water partition coefficient (Wildman–Crippen LogP) is 5.77. The second-order valence-electron chi connectivity index (χ2n) is 6.32. The Kier molecular flexibility index (Phi) is 5.32. The summed E-state index contributed by atoms with van der Waals surface area (Å²) in [5, 5.41) is 3.72. The number of anilines is 1. The highest BCUT2D eigenvalue weighted by Crippen LogP contribution is 2.30. The summed E-state index contributed by atoms with van der Waals surface area (Å²) in [7, 11) is 0. The van der Waals surface area contributed by atoms with Gasteiger partial charge in [0.15, 0.2) is 0 Å². The number of nitrogens with one attached hydrogen (secondary N) is 1. The lowest BCUT2D eigenvalue weighted by Gasteiger charge is -2.20. The molecule has 0 spiro atoms. The van der Waals surface area contributed by atoms with E-state index in [4.69, 9.17) is 0 Å². The van der Waals surface area contributed by atoms with Gasteiger partial charge in [-0.1, -0.05) is 48.7 Å². The monoisotopic (exact) mass is 323 g/mol. The SMILES string of the molecule is Cc1ccc(NC2CCCC(C(C)C)CC2)cc1Br. The summed E-state index contributed by atoms with van der Waals surface area (Å²) in [6.07, 6.45) is 6.78. The van der Waals surface area contributed by atoms with Gasteiger partial charge in [0.25, 0.3) is 0 Å². The summed E-state index contributed by atoms with van der Waals surface area (Å²) < 4.78 is 1.20. The maximum absolute atomic E-state index is 3.72. The van der Waals surface area contributed by atoms with Gasteiger partial charge in [0.1, 0.15) is 0 Å². The Morgan fingerprint density at radius 1 is 1.16 bits per heavy atom. The maximum Gasteiger partial charge on any atom is 0.0353 e. The van der Waals surface area contributed by atoms with Crippen LogP contribution in [0.5, 0.6) is 0 Å². The zero-order chi connectivity index (χ0) is 13.8. The molecule has 1 aromatic rings. The fourth-order valence-corrected chi connectivity index (χ4v) is 3.44. The number of benzene rings is 1. The van der Waals surface area contributed by atoms with Gasteiger partial charge in [-0.25, -0.2) is 0 Å². The molecule has 2 rings (SSSR count). The molecule has 0 aromatic heterocycles. The summed E-state index contributed by atoms with van der Waals surface area (Å²) >= 11 is 3.61. The fourth-order valence-electron chi connectivity index (χ4n) is 3.06. The van der Waals surface area contributed by atoms with Crippen LogP contribution >= 0.6 is 15.9 Å². The standard InChI is InChI=1S/C17H26BrN/c1-12(2)14-5-4-6-15(10-8-14)19-16-9-7-13(3)17(18)11-16/h7,9,11-12,14-15,19H,4-6,8,10H2,1-3H3. The minimum absolute atomic E-state index is 0.651. The summed E-state index contributed by atoms with van der Waals surface area (Å²) in [5.74, 6) is 1.77. The van der Waals surface area contributed by atoms with E-state index in [9.17, 15) is 0 Å². The second-order valence-corrected chi connectivity index (χ2v) is 7.17. The number of aryl methyl sites for hydroxylation is 1. The summed E-state index contributed by atoms with van der Waals surface area (Å²) in [5.41, 5.74) is 2.55. The Balaban J connectivity index is 1.94. The van der Waals surface area contributed by atoms with Crippen LogP contribution in [0, 0.1) is 18.8 Å². The van der Waals surface area contributed by atoms with Crippen LogP contribution in [0.3, 0.4) is 0 Å². The van der Waals surface area contributed by atoms with Crippen molar-refractivity contribution in [2.45, 2.75) is 58.9 Å². The quantitative estimate of drug-likeness (QED) is 0.696. The number of halogens is 1. The van der Waals surface area contributed by atoms with Gasteiger partial charge in [-0.2, -0.15) is 0 Å². The summed E-state index contributed by atoms with van der Waals surface area (Å²) in [6, 6.07) is 7.24.